The Morgan fingerprint density at radius 2 is 1.56 bits per heavy atom. The Morgan fingerprint density at radius 3 is 2.26 bits per heavy atom. The monoisotopic (exact) mass is 360 g/mol. The molecule has 27 heavy (non-hydrogen) atoms. The lowest BCUT2D eigenvalue weighted by molar-refractivity contribution is 0.228. The number of amides is 2. The molecule has 0 aromatic heterocycles. The third kappa shape index (κ3) is 4.88. The summed E-state index contributed by atoms with van der Waals surface area (Å²) in [4.78, 5) is 14.5. The Labute approximate surface area is 160 Å². The number of benzene rings is 3. The number of nitrogens with one attached hydrogen (secondary N) is 1. The van der Waals surface area contributed by atoms with Gasteiger partial charge < -0.3 is 10.1 Å². The van der Waals surface area contributed by atoms with Crippen LogP contribution in [0.25, 0.3) is 0 Å². The molecular weight excluding hydrogens is 336 g/mol. The van der Waals surface area contributed by atoms with Crippen molar-refractivity contribution in [3.63, 3.8) is 0 Å². The maximum Gasteiger partial charge on any atom is 0.324 e. The molecule has 4 nitrogen and oxygen atoms in total. The van der Waals surface area contributed by atoms with Crippen molar-refractivity contribution in [2.24, 2.45) is 0 Å². The van der Waals surface area contributed by atoms with Crippen LogP contribution in [-0.4, -0.2) is 12.8 Å². The van der Waals surface area contributed by atoms with Crippen molar-refractivity contribution in [3.05, 3.63) is 95.6 Å². The summed E-state index contributed by atoms with van der Waals surface area (Å²) in [5.41, 5.74) is 4.14. The fourth-order valence-electron chi connectivity index (χ4n) is 2.81. The molecule has 0 aliphatic heterocycles. The van der Waals surface area contributed by atoms with Gasteiger partial charge in [-0.1, -0.05) is 60.7 Å². The van der Waals surface area contributed by atoms with E-state index in [0.29, 0.717) is 6.54 Å². The minimum absolute atomic E-state index is 0.112. The number of carbonyl (C=O) groups excluding carboxylic acids is 1. The zero-order chi connectivity index (χ0) is 19.1. The molecule has 0 radical (unpaired) electrons. The van der Waals surface area contributed by atoms with Gasteiger partial charge in [0.15, 0.2) is 6.73 Å². The molecule has 3 aromatic rings. The molecule has 0 spiro atoms. The zero-order valence-corrected chi connectivity index (χ0v) is 15.7. The van der Waals surface area contributed by atoms with Gasteiger partial charge in [0.25, 0.3) is 0 Å². The summed E-state index contributed by atoms with van der Waals surface area (Å²) in [6.45, 7) is 4.65. The van der Waals surface area contributed by atoms with Crippen LogP contribution >= 0.6 is 0 Å². The first kappa shape index (κ1) is 18.5. The van der Waals surface area contributed by atoms with Crippen LogP contribution in [-0.2, 0) is 6.54 Å². The molecule has 0 atom stereocenters. The van der Waals surface area contributed by atoms with Gasteiger partial charge in [0, 0.05) is 5.69 Å². The normalized spacial score (nSPS) is 10.3. The molecule has 2 amide bonds. The van der Waals surface area contributed by atoms with Crippen molar-refractivity contribution >= 4 is 11.7 Å². The topological polar surface area (TPSA) is 41.6 Å². The lowest BCUT2D eigenvalue weighted by Gasteiger charge is -2.23. The highest BCUT2D eigenvalue weighted by Gasteiger charge is 2.16. The van der Waals surface area contributed by atoms with E-state index in [9.17, 15) is 4.79 Å². The number of hydrogen-bond donors (Lipinski definition) is 1. The molecular formula is C23H24N2O2. The summed E-state index contributed by atoms with van der Waals surface area (Å²) in [6.07, 6.45) is 0. The largest absolute Gasteiger partial charge is 0.473 e. The SMILES string of the molecule is Cc1cccc(OCNC(=O)N(Cc2ccccc2)c2ccccc2)c1C. The van der Waals surface area contributed by atoms with Crippen molar-refractivity contribution in [1.82, 2.24) is 5.32 Å². The van der Waals surface area contributed by atoms with Crippen molar-refractivity contribution in [2.45, 2.75) is 20.4 Å². The first-order valence-electron chi connectivity index (χ1n) is 8.98. The Bertz CT molecular complexity index is 879. The highest BCUT2D eigenvalue weighted by atomic mass is 16.5. The van der Waals surface area contributed by atoms with E-state index in [1.54, 1.807) is 4.90 Å². The second-order valence-corrected chi connectivity index (χ2v) is 6.38. The Hall–Kier alpha value is -3.27. The third-order valence-corrected chi connectivity index (χ3v) is 4.50. The van der Waals surface area contributed by atoms with Gasteiger partial charge in [0.2, 0.25) is 0 Å². The van der Waals surface area contributed by atoms with Crippen LogP contribution < -0.4 is 15.0 Å². The maximum atomic E-state index is 12.8. The van der Waals surface area contributed by atoms with Crippen LogP contribution in [0.15, 0.2) is 78.9 Å². The van der Waals surface area contributed by atoms with Crippen molar-refractivity contribution < 1.29 is 9.53 Å². The average molecular weight is 360 g/mol. The van der Waals surface area contributed by atoms with Crippen molar-refractivity contribution in [3.8, 4) is 5.75 Å². The van der Waals surface area contributed by atoms with Crippen LogP contribution in [0.3, 0.4) is 0 Å². The number of para-hydroxylation sites is 1. The van der Waals surface area contributed by atoms with E-state index in [4.69, 9.17) is 4.74 Å². The molecule has 1 N–H and O–H groups in total. The fourth-order valence-corrected chi connectivity index (χ4v) is 2.81. The predicted octanol–water partition coefficient (Wildman–Crippen LogP) is 5.06. The number of rotatable bonds is 6. The van der Waals surface area contributed by atoms with Crippen LogP contribution in [0.1, 0.15) is 16.7 Å². The first-order valence-corrected chi connectivity index (χ1v) is 8.98. The Balaban J connectivity index is 1.68. The van der Waals surface area contributed by atoms with E-state index in [0.717, 1.165) is 28.1 Å². The van der Waals surface area contributed by atoms with E-state index in [1.807, 2.05) is 92.7 Å². The molecule has 3 aromatic carbocycles. The number of anilines is 1. The van der Waals surface area contributed by atoms with Gasteiger partial charge >= 0.3 is 6.03 Å². The predicted molar refractivity (Wildman–Crippen MR) is 109 cm³/mol. The molecule has 3 rings (SSSR count). The molecule has 0 aliphatic rings. The number of ether oxygens (including phenoxy) is 1. The second kappa shape index (κ2) is 8.90. The molecule has 0 saturated heterocycles. The summed E-state index contributed by atoms with van der Waals surface area (Å²) in [5.74, 6) is 0.782. The number of hydrogen-bond acceptors (Lipinski definition) is 2. The molecule has 0 bridgehead atoms. The highest BCUT2D eigenvalue weighted by molar-refractivity contribution is 5.91. The molecule has 0 heterocycles. The summed E-state index contributed by atoms with van der Waals surface area (Å²) in [5, 5.41) is 2.86. The molecule has 138 valence electrons. The van der Waals surface area contributed by atoms with Gasteiger partial charge in [-0.05, 0) is 48.7 Å². The van der Waals surface area contributed by atoms with Gasteiger partial charge in [0.05, 0.1) is 6.54 Å². The van der Waals surface area contributed by atoms with E-state index in [1.165, 1.54) is 0 Å². The highest BCUT2D eigenvalue weighted by Crippen LogP contribution is 2.20. The summed E-state index contributed by atoms with van der Waals surface area (Å²) < 4.78 is 5.77. The number of urea groups is 1. The number of aryl methyl sites for hydroxylation is 1. The van der Waals surface area contributed by atoms with Crippen LogP contribution in [0.4, 0.5) is 10.5 Å². The van der Waals surface area contributed by atoms with Gasteiger partial charge in [-0.25, -0.2) is 4.79 Å². The van der Waals surface area contributed by atoms with Crippen LogP contribution in [0, 0.1) is 13.8 Å². The fraction of sp³-hybridized carbons (Fsp3) is 0.174. The summed E-state index contributed by atoms with van der Waals surface area (Å²) in [7, 11) is 0. The quantitative estimate of drug-likeness (QED) is 0.625. The van der Waals surface area contributed by atoms with E-state index < -0.39 is 0 Å². The molecule has 0 unspecified atom stereocenters. The average Bonchev–Trinajstić information content (AvgIpc) is 2.70. The first-order chi connectivity index (χ1) is 13.1. The van der Waals surface area contributed by atoms with Gasteiger partial charge in [-0.15, -0.1) is 0 Å². The van der Waals surface area contributed by atoms with Gasteiger partial charge in [-0.2, -0.15) is 0 Å². The minimum Gasteiger partial charge on any atom is -0.473 e. The van der Waals surface area contributed by atoms with E-state index in [2.05, 4.69) is 5.32 Å². The maximum absolute atomic E-state index is 12.8. The lowest BCUT2D eigenvalue weighted by Crippen LogP contribution is -2.41. The standard InChI is InChI=1S/C23H24N2O2/c1-18-10-9-15-22(19(18)2)27-17-24-23(26)25(21-13-7-4-8-14-21)16-20-11-5-3-6-12-20/h3-15H,16-17H2,1-2H3,(H,24,26). The van der Waals surface area contributed by atoms with Gasteiger partial charge in [-0.3, -0.25) is 4.90 Å². The molecule has 0 saturated carbocycles. The third-order valence-electron chi connectivity index (χ3n) is 4.50. The Morgan fingerprint density at radius 1 is 0.889 bits per heavy atom. The second-order valence-electron chi connectivity index (χ2n) is 6.38. The summed E-state index contributed by atoms with van der Waals surface area (Å²) >= 11 is 0. The van der Waals surface area contributed by atoms with E-state index >= 15 is 0 Å². The zero-order valence-electron chi connectivity index (χ0n) is 15.7. The lowest BCUT2D eigenvalue weighted by atomic mass is 10.1. The van der Waals surface area contributed by atoms with Crippen LogP contribution in [0.5, 0.6) is 5.75 Å². The molecule has 0 fully saturated rings. The number of carbonyl (C=O) groups is 1. The summed E-state index contributed by atoms with van der Waals surface area (Å²) in [6, 6.07) is 25.3. The smallest absolute Gasteiger partial charge is 0.324 e. The molecule has 0 aliphatic carbocycles. The van der Waals surface area contributed by atoms with Crippen LogP contribution in [0.2, 0.25) is 0 Å². The van der Waals surface area contributed by atoms with Crippen molar-refractivity contribution in [1.29, 1.82) is 0 Å². The number of nitrogens with zero attached hydrogens (tertiary/aromatic N) is 1. The Kier molecular flexibility index (Phi) is 6.10. The van der Waals surface area contributed by atoms with Gasteiger partial charge in [0.1, 0.15) is 5.75 Å². The minimum atomic E-state index is -0.199. The van der Waals surface area contributed by atoms with Crippen molar-refractivity contribution in [2.75, 3.05) is 11.6 Å². The van der Waals surface area contributed by atoms with E-state index in [-0.39, 0.29) is 12.8 Å². The molecule has 4 heteroatoms.